The number of piperidine rings is 1. The number of nitrogens with one attached hydrogen (secondary N) is 1. The van der Waals surface area contributed by atoms with Crippen molar-refractivity contribution in [2.75, 3.05) is 18.4 Å². The van der Waals surface area contributed by atoms with Crippen LogP contribution >= 0.6 is 11.6 Å². The Balaban J connectivity index is 1.38. The van der Waals surface area contributed by atoms with Gasteiger partial charge in [0.25, 0.3) is 0 Å². The van der Waals surface area contributed by atoms with Crippen LogP contribution in [0.25, 0.3) is 0 Å². The van der Waals surface area contributed by atoms with Gasteiger partial charge < -0.3 is 5.32 Å². The van der Waals surface area contributed by atoms with Crippen LogP contribution in [0.15, 0.2) is 77.7 Å². The maximum atomic E-state index is 13.0. The lowest BCUT2D eigenvalue weighted by atomic mass is 9.86. The summed E-state index contributed by atoms with van der Waals surface area (Å²) in [6.07, 6.45) is 0.828. The van der Waals surface area contributed by atoms with E-state index >= 15 is 0 Å². The molecule has 0 saturated carbocycles. The van der Waals surface area contributed by atoms with E-state index in [9.17, 15) is 18.0 Å². The summed E-state index contributed by atoms with van der Waals surface area (Å²) < 4.78 is 27.2. The second-order valence-corrected chi connectivity index (χ2v) is 12.7. The van der Waals surface area contributed by atoms with E-state index in [4.69, 9.17) is 11.6 Å². The Labute approximate surface area is 223 Å². The zero-order valence-electron chi connectivity index (χ0n) is 21.2. The molecule has 1 saturated heterocycles. The van der Waals surface area contributed by atoms with Crippen LogP contribution in [-0.2, 0) is 20.2 Å². The van der Waals surface area contributed by atoms with E-state index in [1.54, 1.807) is 36.4 Å². The molecule has 3 aromatic carbocycles. The molecule has 0 aromatic heterocycles. The topological polar surface area (TPSA) is 83.6 Å². The van der Waals surface area contributed by atoms with E-state index in [0.29, 0.717) is 34.7 Å². The molecule has 6 nitrogen and oxygen atoms in total. The van der Waals surface area contributed by atoms with Crippen LogP contribution < -0.4 is 5.32 Å². The summed E-state index contributed by atoms with van der Waals surface area (Å²) in [7, 11) is -3.63. The molecule has 0 radical (unpaired) electrons. The number of rotatable bonds is 6. The predicted octanol–water partition coefficient (Wildman–Crippen LogP) is 5.91. The van der Waals surface area contributed by atoms with E-state index in [-0.39, 0.29) is 41.0 Å². The molecule has 3 aromatic rings. The number of hydrogen-bond donors (Lipinski definition) is 1. The number of halogens is 1. The van der Waals surface area contributed by atoms with Crippen LogP contribution in [0.2, 0.25) is 5.02 Å². The average Bonchev–Trinajstić information content (AvgIpc) is 2.88. The summed E-state index contributed by atoms with van der Waals surface area (Å²) in [6, 6.07) is 20.6. The molecule has 1 heterocycles. The number of hydrogen-bond acceptors (Lipinski definition) is 4. The van der Waals surface area contributed by atoms with Crippen molar-refractivity contribution in [2.45, 2.75) is 43.9 Å². The molecule has 0 spiro atoms. The smallest absolute Gasteiger partial charge is 0.243 e. The average molecular weight is 539 g/mol. The Morgan fingerprint density at radius 2 is 1.51 bits per heavy atom. The van der Waals surface area contributed by atoms with Crippen LogP contribution in [0, 0.1) is 5.92 Å². The van der Waals surface area contributed by atoms with Crippen LogP contribution in [0.4, 0.5) is 5.69 Å². The van der Waals surface area contributed by atoms with Gasteiger partial charge >= 0.3 is 0 Å². The number of anilines is 1. The molecule has 1 aliphatic rings. The van der Waals surface area contributed by atoms with Crippen molar-refractivity contribution in [2.24, 2.45) is 5.92 Å². The highest BCUT2D eigenvalue weighted by molar-refractivity contribution is 7.89. The normalized spacial score (nSPS) is 15.4. The van der Waals surface area contributed by atoms with E-state index in [2.05, 4.69) is 26.1 Å². The molecule has 1 amide bonds. The lowest BCUT2D eigenvalue weighted by molar-refractivity contribution is -0.120. The van der Waals surface area contributed by atoms with E-state index in [0.717, 1.165) is 5.56 Å². The Bertz CT molecular complexity index is 1390. The molecular weight excluding hydrogens is 508 g/mol. The number of sulfonamides is 1. The first-order valence-corrected chi connectivity index (χ1v) is 14.1. The van der Waals surface area contributed by atoms with Gasteiger partial charge in [0.1, 0.15) is 0 Å². The molecule has 0 bridgehead atoms. The molecule has 1 aliphatic heterocycles. The zero-order chi connectivity index (χ0) is 26.8. The molecule has 0 unspecified atom stereocenters. The second kappa shape index (κ2) is 10.8. The Kier molecular flexibility index (Phi) is 7.88. The highest BCUT2D eigenvalue weighted by Gasteiger charge is 2.32. The monoisotopic (exact) mass is 538 g/mol. The summed E-state index contributed by atoms with van der Waals surface area (Å²) >= 11 is 5.88. The van der Waals surface area contributed by atoms with Gasteiger partial charge in [-0.2, -0.15) is 4.31 Å². The fourth-order valence-corrected chi connectivity index (χ4v) is 5.98. The van der Waals surface area contributed by atoms with Crippen LogP contribution in [0.3, 0.4) is 0 Å². The minimum atomic E-state index is -3.63. The van der Waals surface area contributed by atoms with E-state index in [1.807, 2.05) is 24.3 Å². The minimum absolute atomic E-state index is 0.00194. The van der Waals surface area contributed by atoms with Crippen molar-refractivity contribution in [1.82, 2.24) is 4.31 Å². The van der Waals surface area contributed by atoms with Gasteiger partial charge in [-0.3, -0.25) is 9.59 Å². The molecule has 1 N–H and O–H groups in total. The number of ketones is 1. The maximum Gasteiger partial charge on any atom is 0.243 e. The number of nitrogens with zero attached hydrogens (tertiary/aromatic N) is 1. The van der Waals surface area contributed by atoms with Crippen molar-refractivity contribution in [3.63, 3.8) is 0 Å². The number of carbonyl (C=O) groups excluding carboxylic acids is 2. The third-order valence-corrected chi connectivity index (χ3v) is 8.85. The number of amides is 1. The number of benzene rings is 3. The van der Waals surface area contributed by atoms with Crippen LogP contribution in [0.5, 0.6) is 0 Å². The van der Waals surface area contributed by atoms with Gasteiger partial charge in [-0.15, -0.1) is 0 Å². The highest BCUT2D eigenvalue weighted by Crippen LogP contribution is 2.27. The minimum Gasteiger partial charge on any atom is -0.326 e. The van der Waals surface area contributed by atoms with Gasteiger partial charge in [0.15, 0.2) is 5.78 Å². The Morgan fingerprint density at radius 3 is 2.11 bits per heavy atom. The quantitative estimate of drug-likeness (QED) is 0.395. The second-order valence-electron chi connectivity index (χ2n) is 10.4. The first kappa shape index (κ1) is 27.0. The van der Waals surface area contributed by atoms with Gasteiger partial charge in [0.2, 0.25) is 15.9 Å². The van der Waals surface area contributed by atoms with Gasteiger partial charge in [-0.25, -0.2) is 8.42 Å². The van der Waals surface area contributed by atoms with Gasteiger partial charge in [-0.05, 0) is 60.2 Å². The number of carbonyl (C=O) groups is 2. The molecule has 1 fully saturated rings. The molecule has 194 valence electrons. The predicted molar refractivity (Wildman–Crippen MR) is 147 cm³/mol. The van der Waals surface area contributed by atoms with Crippen LogP contribution in [-0.4, -0.2) is 37.5 Å². The standard InChI is InChI=1S/C29H31ClN2O4S/c1-29(2,3)23-9-7-20(8-10-23)27(33)22-5-4-6-25(19-22)31-28(34)21-15-17-32(18-16-21)37(35,36)26-13-11-24(30)12-14-26/h4-14,19,21H,15-18H2,1-3H3,(H,31,34). The largest absolute Gasteiger partial charge is 0.326 e. The van der Waals surface area contributed by atoms with Crippen molar-refractivity contribution in [3.05, 3.63) is 94.5 Å². The molecular formula is C29H31ClN2O4S. The summed E-state index contributed by atoms with van der Waals surface area (Å²) in [5.74, 6) is -0.610. The van der Waals surface area contributed by atoms with Crippen molar-refractivity contribution >= 4 is 39.0 Å². The Hall–Kier alpha value is -3.00. The van der Waals surface area contributed by atoms with Gasteiger partial charge in [-0.1, -0.05) is 68.8 Å². The molecule has 0 aliphatic carbocycles. The first-order valence-electron chi connectivity index (χ1n) is 12.3. The highest BCUT2D eigenvalue weighted by atomic mass is 35.5. The SMILES string of the molecule is CC(C)(C)c1ccc(C(=O)c2cccc(NC(=O)C3CCN(S(=O)(=O)c4ccc(Cl)cc4)CC3)c2)cc1. The summed E-state index contributed by atoms with van der Waals surface area (Å²) in [5, 5.41) is 3.38. The maximum absolute atomic E-state index is 13.0. The van der Waals surface area contributed by atoms with Crippen molar-refractivity contribution in [3.8, 4) is 0 Å². The molecule has 4 rings (SSSR count). The first-order chi connectivity index (χ1) is 17.4. The molecule has 8 heteroatoms. The van der Waals surface area contributed by atoms with Gasteiger partial charge in [0.05, 0.1) is 4.90 Å². The van der Waals surface area contributed by atoms with E-state index < -0.39 is 10.0 Å². The summed E-state index contributed by atoms with van der Waals surface area (Å²) in [5.41, 5.74) is 2.77. The van der Waals surface area contributed by atoms with Crippen molar-refractivity contribution < 1.29 is 18.0 Å². The third-order valence-electron chi connectivity index (χ3n) is 6.68. The van der Waals surface area contributed by atoms with E-state index in [1.165, 1.54) is 16.4 Å². The fraction of sp³-hybridized carbons (Fsp3) is 0.310. The zero-order valence-corrected chi connectivity index (χ0v) is 22.8. The fourth-order valence-electron chi connectivity index (χ4n) is 4.38. The molecule has 37 heavy (non-hydrogen) atoms. The molecule has 0 atom stereocenters. The summed E-state index contributed by atoms with van der Waals surface area (Å²) in [6.45, 7) is 6.88. The Morgan fingerprint density at radius 1 is 0.892 bits per heavy atom. The third kappa shape index (κ3) is 6.29. The summed E-state index contributed by atoms with van der Waals surface area (Å²) in [4.78, 5) is 26.2. The lowest BCUT2D eigenvalue weighted by Gasteiger charge is -2.30. The van der Waals surface area contributed by atoms with Crippen LogP contribution in [0.1, 0.15) is 55.1 Å². The lowest BCUT2D eigenvalue weighted by Crippen LogP contribution is -2.41. The van der Waals surface area contributed by atoms with Crippen molar-refractivity contribution in [1.29, 1.82) is 0 Å². The van der Waals surface area contributed by atoms with Gasteiger partial charge in [0, 0.05) is 40.8 Å².